The minimum absolute atomic E-state index is 0.0579. The van der Waals surface area contributed by atoms with Gasteiger partial charge in [-0.2, -0.15) is 4.39 Å². The minimum atomic E-state index is -0.928. The van der Waals surface area contributed by atoms with Crippen LogP contribution in [0.3, 0.4) is 0 Å². The van der Waals surface area contributed by atoms with Crippen LogP contribution >= 0.6 is 0 Å². The molecule has 0 heterocycles. The molecule has 0 unspecified atom stereocenters. The summed E-state index contributed by atoms with van der Waals surface area (Å²) in [4.78, 5) is 21.3. The van der Waals surface area contributed by atoms with Crippen molar-refractivity contribution in [3.05, 3.63) is 69.5 Å². The van der Waals surface area contributed by atoms with Crippen LogP contribution in [0.1, 0.15) is 22.8 Å². The lowest BCUT2D eigenvalue weighted by molar-refractivity contribution is -0.387. The number of hydrogen-bond acceptors (Lipinski definition) is 4. The normalized spacial score (nSPS) is 10.2. The van der Waals surface area contributed by atoms with Gasteiger partial charge in [-0.1, -0.05) is 24.3 Å². The fraction of sp³-hybridized carbons (Fsp3) is 0.133. The standard InChI is InChI=1S/C15H12FNO4/c1-10(18)12-6-2-3-8-14(12)21-9-11-5-4-7-13(15(11)16)17(19)20/h2-8H,9H2,1H3. The number of rotatable bonds is 5. The van der Waals surface area contributed by atoms with Crippen molar-refractivity contribution in [2.75, 3.05) is 0 Å². The molecule has 2 aromatic carbocycles. The lowest BCUT2D eigenvalue weighted by Gasteiger charge is -2.10. The molecule has 0 atom stereocenters. The highest BCUT2D eigenvalue weighted by atomic mass is 19.1. The van der Waals surface area contributed by atoms with Gasteiger partial charge >= 0.3 is 5.69 Å². The molecule has 6 heteroatoms. The van der Waals surface area contributed by atoms with E-state index in [9.17, 15) is 19.3 Å². The maximum Gasteiger partial charge on any atom is 0.305 e. The molecule has 0 aromatic heterocycles. The van der Waals surface area contributed by atoms with Gasteiger partial charge in [-0.25, -0.2) is 0 Å². The molecule has 2 aromatic rings. The van der Waals surface area contributed by atoms with Crippen LogP contribution in [0.2, 0.25) is 0 Å². The first-order valence-electron chi connectivity index (χ1n) is 6.15. The van der Waals surface area contributed by atoms with Crippen molar-refractivity contribution in [3.8, 4) is 5.75 Å². The third-order valence-electron chi connectivity index (χ3n) is 2.90. The number of Topliss-reactive ketones (excluding diaryl/α,β-unsaturated/α-hetero) is 1. The number of ether oxygens (including phenoxy) is 1. The summed E-state index contributed by atoms with van der Waals surface area (Å²) in [6.07, 6.45) is 0. The van der Waals surface area contributed by atoms with Gasteiger partial charge in [0.2, 0.25) is 5.82 Å². The summed E-state index contributed by atoms with van der Waals surface area (Å²) >= 11 is 0. The Morgan fingerprint density at radius 3 is 2.62 bits per heavy atom. The van der Waals surface area contributed by atoms with Crippen LogP contribution in [-0.2, 0) is 6.61 Å². The van der Waals surface area contributed by atoms with E-state index >= 15 is 0 Å². The maximum absolute atomic E-state index is 13.9. The number of nitro benzene ring substituents is 1. The summed E-state index contributed by atoms with van der Waals surface area (Å²) in [7, 11) is 0. The number of nitro groups is 1. The Kier molecular flexibility index (Phi) is 4.27. The van der Waals surface area contributed by atoms with Gasteiger partial charge in [0.05, 0.1) is 10.5 Å². The molecule has 0 saturated carbocycles. The van der Waals surface area contributed by atoms with Gasteiger partial charge in [0.25, 0.3) is 0 Å². The van der Waals surface area contributed by atoms with Crippen LogP contribution in [0.5, 0.6) is 5.75 Å². The molecule has 108 valence electrons. The molecule has 0 aliphatic heterocycles. The Labute approximate surface area is 120 Å². The lowest BCUT2D eigenvalue weighted by atomic mass is 10.1. The molecule has 0 aliphatic rings. The maximum atomic E-state index is 13.9. The number of para-hydroxylation sites is 1. The van der Waals surface area contributed by atoms with Gasteiger partial charge in [-0.3, -0.25) is 14.9 Å². The molecule has 0 aliphatic carbocycles. The fourth-order valence-corrected chi connectivity index (χ4v) is 1.86. The number of benzene rings is 2. The van der Waals surface area contributed by atoms with Crippen LogP contribution < -0.4 is 4.74 Å². The average Bonchev–Trinajstić information content (AvgIpc) is 2.46. The molecule has 0 bridgehead atoms. The second kappa shape index (κ2) is 6.13. The summed E-state index contributed by atoms with van der Waals surface area (Å²) in [5, 5.41) is 10.7. The lowest BCUT2D eigenvalue weighted by Crippen LogP contribution is -2.04. The zero-order valence-corrected chi connectivity index (χ0v) is 11.2. The Bertz CT molecular complexity index is 700. The second-order valence-corrected chi connectivity index (χ2v) is 4.35. The van der Waals surface area contributed by atoms with Crippen LogP contribution in [-0.4, -0.2) is 10.7 Å². The van der Waals surface area contributed by atoms with E-state index in [1.54, 1.807) is 24.3 Å². The average molecular weight is 289 g/mol. The predicted molar refractivity (Wildman–Crippen MR) is 73.8 cm³/mol. The van der Waals surface area contributed by atoms with Gasteiger partial charge in [0.1, 0.15) is 12.4 Å². The molecular weight excluding hydrogens is 277 g/mol. The van der Waals surface area contributed by atoms with Crippen LogP contribution in [0, 0.1) is 15.9 Å². The largest absolute Gasteiger partial charge is 0.488 e. The van der Waals surface area contributed by atoms with Crippen molar-refractivity contribution in [1.29, 1.82) is 0 Å². The molecular formula is C15H12FNO4. The highest BCUT2D eigenvalue weighted by Gasteiger charge is 2.18. The Morgan fingerprint density at radius 2 is 1.95 bits per heavy atom. The quantitative estimate of drug-likeness (QED) is 0.480. The highest BCUT2D eigenvalue weighted by Crippen LogP contribution is 2.23. The molecule has 0 spiro atoms. The summed E-state index contributed by atoms with van der Waals surface area (Å²) in [5.74, 6) is -0.788. The van der Waals surface area contributed by atoms with Gasteiger partial charge in [-0.05, 0) is 19.1 Å². The fourth-order valence-electron chi connectivity index (χ4n) is 1.86. The topological polar surface area (TPSA) is 69.4 Å². The zero-order chi connectivity index (χ0) is 15.4. The van der Waals surface area contributed by atoms with E-state index in [1.807, 2.05) is 0 Å². The SMILES string of the molecule is CC(=O)c1ccccc1OCc1cccc([N+](=O)[O-])c1F. The Balaban J connectivity index is 2.23. The Morgan fingerprint density at radius 1 is 1.24 bits per heavy atom. The molecule has 0 saturated heterocycles. The van der Waals surface area contributed by atoms with Crippen LogP contribution in [0.25, 0.3) is 0 Å². The molecule has 5 nitrogen and oxygen atoms in total. The first-order valence-corrected chi connectivity index (χ1v) is 6.15. The van der Waals surface area contributed by atoms with Crippen molar-refractivity contribution in [3.63, 3.8) is 0 Å². The highest BCUT2D eigenvalue weighted by molar-refractivity contribution is 5.96. The second-order valence-electron chi connectivity index (χ2n) is 4.35. The number of hydrogen-bond donors (Lipinski definition) is 0. The summed E-state index contributed by atoms with van der Waals surface area (Å²) in [5.41, 5.74) is -0.165. The van der Waals surface area contributed by atoms with Crippen molar-refractivity contribution in [2.24, 2.45) is 0 Å². The van der Waals surface area contributed by atoms with Crippen molar-refractivity contribution < 1.29 is 18.8 Å². The van der Waals surface area contributed by atoms with Crippen molar-refractivity contribution >= 4 is 11.5 Å². The first-order chi connectivity index (χ1) is 10.0. The van der Waals surface area contributed by atoms with Crippen molar-refractivity contribution in [2.45, 2.75) is 13.5 Å². The van der Waals surface area contributed by atoms with Gasteiger partial charge in [0, 0.05) is 11.6 Å². The van der Waals surface area contributed by atoms with Crippen molar-refractivity contribution in [1.82, 2.24) is 0 Å². The number of carbonyl (C=O) groups is 1. The number of nitrogens with zero attached hydrogens (tertiary/aromatic N) is 1. The molecule has 2 rings (SSSR count). The van der Waals surface area contributed by atoms with E-state index in [2.05, 4.69) is 0 Å². The van der Waals surface area contributed by atoms with Gasteiger partial charge in [0.15, 0.2) is 5.78 Å². The van der Waals surface area contributed by atoms with E-state index in [0.29, 0.717) is 11.3 Å². The number of halogens is 1. The molecule has 21 heavy (non-hydrogen) atoms. The molecule has 0 fully saturated rings. The Hall–Kier alpha value is -2.76. The molecule has 0 N–H and O–H groups in total. The number of carbonyl (C=O) groups excluding carboxylic acids is 1. The van der Waals surface area contributed by atoms with E-state index in [1.165, 1.54) is 19.1 Å². The van der Waals surface area contributed by atoms with E-state index in [4.69, 9.17) is 4.74 Å². The summed E-state index contributed by atoms with van der Waals surface area (Å²) in [6.45, 7) is 1.20. The van der Waals surface area contributed by atoms with E-state index < -0.39 is 16.4 Å². The third-order valence-corrected chi connectivity index (χ3v) is 2.90. The number of ketones is 1. The van der Waals surface area contributed by atoms with Gasteiger partial charge in [-0.15, -0.1) is 0 Å². The smallest absolute Gasteiger partial charge is 0.305 e. The molecule has 0 radical (unpaired) electrons. The minimum Gasteiger partial charge on any atom is -0.488 e. The third kappa shape index (κ3) is 3.22. The molecule has 0 amide bonds. The first kappa shape index (κ1) is 14.6. The predicted octanol–water partition coefficient (Wildman–Crippen LogP) is 3.52. The summed E-state index contributed by atoms with van der Waals surface area (Å²) in [6, 6.07) is 10.4. The monoisotopic (exact) mass is 289 g/mol. The van der Waals surface area contributed by atoms with Crippen LogP contribution in [0.15, 0.2) is 42.5 Å². The van der Waals surface area contributed by atoms with Crippen LogP contribution in [0.4, 0.5) is 10.1 Å². The van der Waals surface area contributed by atoms with E-state index in [0.717, 1.165) is 6.07 Å². The summed E-state index contributed by atoms with van der Waals surface area (Å²) < 4.78 is 19.3. The van der Waals surface area contributed by atoms with Gasteiger partial charge < -0.3 is 4.74 Å². The van der Waals surface area contributed by atoms with E-state index in [-0.39, 0.29) is 18.0 Å². The zero-order valence-electron chi connectivity index (χ0n) is 11.2.